The van der Waals surface area contributed by atoms with E-state index in [1.54, 1.807) is 4.31 Å². The first-order valence-electron chi connectivity index (χ1n) is 17.6. The molecule has 0 radical (unpaired) electrons. The SMILES string of the molecule is CC[C@H]1[C@@H](O)[C@@H]2[C@H](CC[C@]3(C)[C@@H]([C@H](C)CCCC(=O)CS(=O)(=O)N4[C@H](C)CCC[C@@H]4C)CC[C@@H]23)[C@@]2(C)CC[C@@H](O)C[C@@H]12. The molecule has 4 aliphatic carbocycles. The largest absolute Gasteiger partial charge is 0.393 e. The summed E-state index contributed by atoms with van der Waals surface area (Å²) in [5, 5.41) is 22.5. The Bertz CT molecular complexity index is 1070. The van der Waals surface area contributed by atoms with Gasteiger partial charge in [0, 0.05) is 18.5 Å². The van der Waals surface area contributed by atoms with Gasteiger partial charge in [-0.15, -0.1) is 0 Å². The highest BCUT2D eigenvalue weighted by molar-refractivity contribution is 7.89. The van der Waals surface area contributed by atoms with Gasteiger partial charge in [0.25, 0.3) is 0 Å². The number of carbonyl (C=O) groups excluding carboxylic acids is 1. The lowest BCUT2D eigenvalue weighted by atomic mass is 9.41. The Kier molecular flexibility index (Phi) is 9.68. The number of nitrogens with zero attached hydrogens (tertiary/aromatic N) is 1. The molecule has 4 saturated carbocycles. The number of hydrogen-bond donors (Lipinski definition) is 2. The van der Waals surface area contributed by atoms with E-state index in [4.69, 9.17) is 0 Å². The van der Waals surface area contributed by atoms with Crippen LogP contribution in [0.5, 0.6) is 0 Å². The minimum absolute atomic E-state index is 0.0220. The van der Waals surface area contributed by atoms with Gasteiger partial charge in [-0.05, 0) is 130 Å². The van der Waals surface area contributed by atoms with E-state index >= 15 is 0 Å². The highest BCUT2D eigenvalue weighted by Gasteiger charge is 2.64. The van der Waals surface area contributed by atoms with Crippen molar-refractivity contribution in [3.05, 3.63) is 0 Å². The molecule has 0 bridgehead atoms. The standard InChI is InChI=1S/C35H61NO5S/c1-7-27-31-20-25(37)16-18-35(31,6)30-17-19-34(5)28(14-15-29(34)32(30)33(27)39)22(2)10-8-13-26(38)21-42(40,41)36-23(3)11-9-12-24(36)4/h22-25,27-33,37,39H,7-21H2,1-6H3/t22-,23-,24+,25-,27-,28-,29+,30+,31+,32+,33-,34-,35-/m1/s1. The number of piperidine rings is 1. The van der Waals surface area contributed by atoms with Crippen LogP contribution in [0.15, 0.2) is 0 Å². The van der Waals surface area contributed by atoms with Gasteiger partial charge in [-0.3, -0.25) is 4.79 Å². The molecule has 7 heteroatoms. The first kappa shape index (κ1) is 32.9. The molecule has 5 rings (SSSR count). The van der Waals surface area contributed by atoms with Crippen LogP contribution >= 0.6 is 0 Å². The smallest absolute Gasteiger partial charge is 0.221 e. The van der Waals surface area contributed by atoms with Crippen molar-refractivity contribution in [2.24, 2.45) is 52.3 Å². The topological polar surface area (TPSA) is 94.9 Å². The number of carbonyl (C=O) groups is 1. The molecular weight excluding hydrogens is 546 g/mol. The maximum atomic E-state index is 13.1. The normalized spacial score (nSPS) is 46.9. The Hall–Kier alpha value is -0.500. The van der Waals surface area contributed by atoms with Crippen LogP contribution in [-0.4, -0.2) is 58.8 Å². The first-order chi connectivity index (χ1) is 19.7. The van der Waals surface area contributed by atoms with Crippen LogP contribution in [0.3, 0.4) is 0 Å². The third-order valence-electron chi connectivity index (χ3n) is 14.0. The summed E-state index contributed by atoms with van der Waals surface area (Å²) >= 11 is 0. The van der Waals surface area contributed by atoms with Gasteiger partial charge >= 0.3 is 0 Å². The van der Waals surface area contributed by atoms with Gasteiger partial charge in [0.1, 0.15) is 11.5 Å². The summed E-state index contributed by atoms with van der Waals surface area (Å²) in [5.74, 6) is 2.72. The van der Waals surface area contributed by atoms with E-state index in [-0.39, 0.29) is 52.6 Å². The Balaban J connectivity index is 1.20. The Morgan fingerprint density at radius 1 is 0.929 bits per heavy atom. The van der Waals surface area contributed by atoms with Crippen LogP contribution < -0.4 is 0 Å². The highest BCUT2D eigenvalue weighted by atomic mass is 32.2. The fourth-order valence-corrected chi connectivity index (χ4v) is 14.1. The predicted molar refractivity (Wildman–Crippen MR) is 168 cm³/mol. The summed E-state index contributed by atoms with van der Waals surface area (Å²) in [6.07, 6.45) is 13.0. The average molecular weight is 608 g/mol. The Morgan fingerprint density at radius 3 is 2.24 bits per heavy atom. The van der Waals surface area contributed by atoms with Gasteiger partial charge < -0.3 is 10.2 Å². The van der Waals surface area contributed by atoms with Crippen molar-refractivity contribution in [1.82, 2.24) is 4.31 Å². The van der Waals surface area contributed by atoms with Crippen molar-refractivity contribution in [1.29, 1.82) is 0 Å². The fourth-order valence-electron chi connectivity index (χ4n) is 12.1. The van der Waals surface area contributed by atoms with Crippen LogP contribution in [0.2, 0.25) is 0 Å². The second-order valence-corrected chi connectivity index (χ2v) is 18.1. The lowest BCUT2D eigenvalue weighted by molar-refractivity contribution is -0.203. The van der Waals surface area contributed by atoms with Crippen molar-refractivity contribution in [2.75, 3.05) is 5.75 Å². The van der Waals surface area contributed by atoms with Crippen LogP contribution in [0.25, 0.3) is 0 Å². The maximum absolute atomic E-state index is 13.1. The lowest BCUT2D eigenvalue weighted by Gasteiger charge is -2.64. The first-order valence-corrected chi connectivity index (χ1v) is 19.2. The fraction of sp³-hybridized carbons (Fsp3) is 0.971. The molecule has 0 amide bonds. The molecular formula is C35H61NO5S. The predicted octanol–water partition coefficient (Wildman–Crippen LogP) is 6.58. The van der Waals surface area contributed by atoms with Gasteiger partial charge in [0.15, 0.2) is 0 Å². The van der Waals surface area contributed by atoms with Crippen LogP contribution in [0, 0.1) is 52.3 Å². The van der Waals surface area contributed by atoms with E-state index in [1.165, 1.54) is 25.7 Å². The van der Waals surface area contributed by atoms with Crippen LogP contribution in [-0.2, 0) is 14.8 Å². The minimum Gasteiger partial charge on any atom is -0.393 e. The zero-order chi connectivity index (χ0) is 30.6. The summed E-state index contributed by atoms with van der Waals surface area (Å²) in [6, 6.07) is -0.0441. The van der Waals surface area contributed by atoms with Gasteiger partial charge in [-0.2, -0.15) is 4.31 Å². The molecule has 0 spiro atoms. The molecule has 5 fully saturated rings. The van der Waals surface area contributed by atoms with Gasteiger partial charge in [0.2, 0.25) is 10.0 Å². The number of aliphatic hydroxyl groups excluding tert-OH is 2. The van der Waals surface area contributed by atoms with E-state index in [0.29, 0.717) is 41.9 Å². The molecule has 0 aromatic carbocycles. The molecule has 6 nitrogen and oxygen atoms in total. The molecule has 42 heavy (non-hydrogen) atoms. The molecule has 2 N–H and O–H groups in total. The summed E-state index contributed by atoms with van der Waals surface area (Å²) in [5.41, 5.74) is 0.435. The summed E-state index contributed by atoms with van der Waals surface area (Å²) in [7, 11) is -3.57. The average Bonchev–Trinajstić information content (AvgIpc) is 3.26. The Morgan fingerprint density at radius 2 is 1.57 bits per heavy atom. The zero-order valence-electron chi connectivity index (χ0n) is 27.4. The van der Waals surface area contributed by atoms with Crippen molar-refractivity contribution < 1.29 is 23.4 Å². The number of sulfonamides is 1. The minimum atomic E-state index is -3.57. The van der Waals surface area contributed by atoms with Crippen molar-refractivity contribution in [3.63, 3.8) is 0 Å². The lowest BCUT2D eigenvalue weighted by Crippen LogP contribution is -2.62. The third-order valence-corrected chi connectivity index (χ3v) is 16.1. The van der Waals surface area contributed by atoms with E-state index in [9.17, 15) is 23.4 Å². The molecule has 242 valence electrons. The summed E-state index contributed by atoms with van der Waals surface area (Å²) in [6.45, 7) is 13.5. The third kappa shape index (κ3) is 5.68. The number of rotatable bonds is 9. The molecule has 5 aliphatic rings. The van der Waals surface area contributed by atoms with Crippen LogP contribution in [0.1, 0.15) is 131 Å². The second-order valence-electron chi connectivity index (χ2n) is 16.2. The zero-order valence-corrected chi connectivity index (χ0v) is 28.2. The number of hydrogen-bond acceptors (Lipinski definition) is 5. The number of Topliss-reactive ketones (excluding diaryl/α,β-unsaturated/α-hetero) is 1. The monoisotopic (exact) mass is 607 g/mol. The van der Waals surface area contributed by atoms with Gasteiger partial charge in [0.05, 0.1) is 12.2 Å². The summed E-state index contributed by atoms with van der Waals surface area (Å²) in [4.78, 5) is 12.9. The van der Waals surface area contributed by atoms with Gasteiger partial charge in [-0.1, -0.05) is 47.0 Å². The highest BCUT2D eigenvalue weighted by Crippen LogP contribution is 2.69. The van der Waals surface area contributed by atoms with Crippen molar-refractivity contribution >= 4 is 15.8 Å². The summed E-state index contributed by atoms with van der Waals surface area (Å²) < 4.78 is 27.8. The molecule has 1 saturated heterocycles. The quantitative estimate of drug-likeness (QED) is 0.309. The molecule has 1 aliphatic heterocycles. The second kappa shape index (κ2) is 12.4. The number of fused-ring (bicyclic) bond motifs is 5. The van der Waals surface area contributed by atoms with Crippen LogP contribution in [0.4, 0.5) is 0 Å². The van der Waals surface area contributed by atoms with Crippen molar-refractivity contribution in [2.45, 2.75) is 156 Å². The maximum Gasteiger partial charge on any atom is 0.221 e. The number of ketones is 1. The van der Waals surface area contributed by atoms with E-state index in [0.717, 1.165) is 57.8 Å². The van der Waals surface area contributed by atoms with E-state index in [2.05, 4.69) is 27.7 Å². The van der Waals surface area contributed by atoms with Crippen molar-refractivity contribution in [3.8, 4) is 0 Å². The van der Waals surface area contributed by atoms with Gasteiger partial charge in [-0.25, -0.2) is 8.42 Å². The number of aliphatic hydroxyl groups is 2. The molecule has 1 heterocycles. The van der Waals surface area contributed by atoms with E-state index < -0.39 is 10.0 Å². The molecule has 0 aromatic heterocycles. The Labute approximate surface area is 256 Å². The molecule has 0 aromatic rings. The molecule has 0 unspecified atom stereocenters. The molecule has 13 atom stereocenters. The van der Waals surface area contributed by atoms with E-state index in [1.807, 2.05) is 13.8 Å².